The quantitative estimate of drug-likeness (QED) is 0.333. The van der Waals surface area contributed by atoms with Crippen molar-refractivity contribution in [3.8, 4) is 22.6 Å². The Balaban J connectivity index is 1.65. The highest BCUT2D eigenvalue weighted by molar-refractivity contribution is 6.25. The van der Waals surface area contributed by atoms with E-state index in [0.29, 0.717) is 17.2 Å². The van der Waals surface area contributed by atoms with Crippen LogP contribution in [0, 0.1) is 17.8 Å². The molecule has 0 aliphatic heterocycles. The second-order valence-corrected chi connectivity index (χ2v) is 11.5. The zero-order chi connectivity index (χ0) is 29.8. The topological polar surface area (TPSA) is 141 Å². The number of aromatic hydroxyl groups is 1. The van der Waals surface area contributed by atoms with Gasteiger partial charge in [0, 0.05) is 23.5 Å². The molecule has 0 saturated carbocycles. The van der Waals surface area contributed by atoms with Crippen molar-refractivity contribution >= 4 is 17.3 Å². The summed E-state index contributed by atoms with van der Waals surface area (Å²) in [4.78, 5) is 39.3. The van der Waals surface area contributed by atoms with Gasteiger partial charge >= 0.3 is 0 Å². The predicted octanol–water partition coefficient (Wildman–Crippen LogP) is 5.34. The van der Waals surface area contributed by atoms with Crippen LogP contribution in [0.25, 0.3) is 11.1 Å². The zero-order valence-electron chi connectivity index (χ0n) is 23.8. The molecule has 0 aromatic heterocycles. The molecule has 8 heteroatoms. The Kier molecular flexibility index (Phi) is 7.32. The van der Waals surface area contributed by atoms with Gasteiger partial charge in [0.1, 0.15) is 28.6 Å². The van der Waals surface area contributed by atoms with Crippen LogP contribution in [-0.2, 0) is 22.4 Å². The normalized spacial score (nSPS) is 23.9. The third-order valence-electron chi connectivity index (χ3n) is 9.28. The number of hydrogen-bond donors (Lipinski definition) is 4. The molecular formula is C33H36O8. The lowest BCUT2D eigenvalue weighted by Gasteiger charge is -2.45. The van der Waals surface area contributed by atoms with E-state index in [-0.39, 0.29) is 36.1 Å². The molecule has 0 saturated heterocycles. The first kappa shape index (κ1) is 28.6. The molecule has 0 amide bonds. The minimum atomic E-state index is -2.51. The number of methoxy groups -OCH3 is 1. The summed E-state index contributed by atoms with van der Waals surface area (Å²) in [5.41, 5.74) is 0.00245. The predicted molar refractivity (Wildman–Crippen MR) is 152 cm³/mol. The van der Waals surface area contributed by atoms with Gasteiger partial charge in [-0.05, 0) is 72.9 Å². The summed E-state index contributed by atoms with van der Waals surface area (Å²) >= 11 is 0. The molecule has 0 fully saturated rings. The number of carbonyl (C=O) groups excluding carboxylic acids is 3. The van der Waals surface area contributed by atoms with Gasteiger partial charge in [0.25, 0.3) is 0 Å². The number of phenols is 1. The monoisotopic (exact) mass is 560 g/mol. The van der Waals surface area contributed by atoms with E-state index < -0.39 is 51.9 Å². The van der Waals surface area contributed by atoms with E-state index in [1.54, 1.807) is 13.2 Å². The molecule has 0 radical (unpaired) electrons. The van der Waals surface area contributed by atoms with Gasteiger partial charge < -0.3 is 25.2 Å². The van der Waals surface area contributed by atoms with Crippen molar-refractivity contribution in [1.29, 1.82) is 0 Å². The molecule has 8 nitrogen and oxygen atoms in total. The first-order valence-corrected chi connectivity index (χ1v) is 14.2. The Hall–Kier alpha value is -3.91. The number of aliphatic hydroxyl groups is 3. The fraction of sp³-hybridized carbons (Fsp3) is 0.424. The highest BCUT2D eigenvalue weighted by Crippen LogP contribution is 2.52. The van der Waals surface area contributed by atoms with Gasteiger partial charge in [-0.25, -0.2) is 0 Å². The number of benzene rings is 2. The van der Waals surface area contributed by atoms with Crippen molar-refractivity contribution in [2.24, 2.45) is 17.8 Å². The fourth-order valence-corrected chi connectivity index (χ4v) is 6.98. The highest BCUT2D eigenvalue weighted by Gasteiger charge is 2.59. The van der Waals surface area contributed by atoms with Crippen LogP contribution in [0.15, 0.2) is 53.0 Å². The molecule has 2 aromatic rings. The molecule has 2 aromatic carbocycles. The second kappa shape index (κ2) is 10.5. The molecule has 41 heavy (non-hydrogen) atoms. The summed E-state index contributed by atoms with van der Waals surface area (Å²) in [6.07, 6.45) is 3.16. The summed E-state index contributed by atoms with van der Waals surface area (Å²) in [5.74, 6) is -4.40. The van der Waals surface area contributed by atoms with Gasteiger partial charge in [0.2, 0.25) is 5.78 Å². The number of allylic oxidation sites excluding steroid dienone is 2. The highest BCUT2D eigenvalue weighted by atomic mass is 16.5. The van der Waals surface area contributed by atoms with Gasteiger partial charge in [0.05, 0.1) is 12.7 Å². The van der Waals surface area contributed by atoms with E-state index in [4.69, 9.17) is 4.74 Å². The molecule has 0 unspecified atom stereocenters. The Morgan fingerprint density at radius 2 is 1.76 bits per heavy atom. The molecule has 4 N–H and O–H groups in total. The molecule has 3 aliphatic rings. The lowest BCUT2D eigenvalue weighted by Crippen LogP contribution is -2.56. The lowest BCUT2D eigenvalue weighted by atomic mass is 9.60. The maximum atomic E-state index is 14.0. The summed E-state index contributed by atoms with van der Waals surface area (Å²) in [7, 11) is 1.58. The Labute approximate surface area is 239 Å². The van der Waals surface area contributed by atoms with E-state index in [9.17, 15) is 34.8 Å². The largest absolute Gasteiger partial charge is 0.511 e. The third-order valence-corrected chi connectivity index (χ3v) is 9.28. The Bertz CT molecular complexity index is 1530. The third kappa shape index (κ3) is 4.36. The van der Waals surface area contributed by atoms with Crippen molar-refractivity contribution in [2.75, 3.05) is 7.11 Å². The van der Waals surface area contributed by atoms with Crippen molar-refractivity contribution in [1.82, 2.24) is 0 Å². The number of rotatable bonds is 7. The van der Waals surface area contributed by atoms with E-state index in [0.717, 1.165) is 42.9 Å². The van der Waals surface area contributed by atoms with Gasteiger partial charge in [-0.1, -0.05) is 38.8 Å². The van der Waals surface area contributed by atoms with E-state index in [2.05, 4.69) is 19.9 Å². The number of aliphatic hydroxyl groups excluding tert-OH is 2. The van der Waals surface area contributed by atoms with Crippen molar-refractivity contribution in [3.05, 3.63) is 69.7 Å². The first-order valence-electron chi connectivity index (χ1n) is 14.2. The van der Waals surface area contributed by atoms with Crippen molar-refractivity contribution in [3.63, 3.8) is 0 Å². The van der Waals surface area contributed by atoms with Crippen LogP contribution in [0.1, 0.15) is 67.9 Å². The molecule has 3 aliphatic carbocycles. The smallest absolute Gasteiger partial charge is 0.209 e. The minimum Gasteiger partial charge on any atom is -0.511 e. The van der Waals surface area contributed by atoms with Crippen LogP contribution in [0.2, 0.25) is 0 Å². The van der Waals surface area contributed by atoms with Crippen LogP contribution in [0.5, 0.6) is 11.5 Å². The number of carbonyl (C=O) groups is 3. The molecule has 0 heterocycles. The number of ether oxygens (including phenoxy) is 1. The molecular weight excluding hydrogens is 524 g/mol. The van der Waals surface area contributed by atoms with Gasteiger partial charge in [-0.15, -0.1) is 0 Å². The van der Waals surface area contributed by atoms with Gasteiger partial charge in [-0.2, -0.15) is 0 Å². The molecule has 5 rings (SSSR count). The van der Waals surface area contributed by atoms with Crippen LogP contribution < -0.4 is 4.74 Å². The summed E-state index contributed by atoms with van der Waals surface area (Å²) in [6.45, 7) is 5.43. The number of Topliss-reactive ketones (excluding diaryl/α,β-unsaturated/α-hetero) is 3. The Morgan fingerprint density at radius 3 is 2.39 bits per heavy atom. The van der Waals surface area contributed by atoms with E-state index >= 15 is 0 Å². The Morgan fingerprint density at radius 1 is 1.05 bits per heavy atom. The van der Waals surface area contributed by atoms with Gasteiger partial charge in [0.15, 0.2) is 17.2 Å². The minimum absolute atomic E-state index is 0.00300. The maximum Gasteiger partial charge on any atom is 0.209 e. The molecule has 216 valence electrons. The molecule has 0 bridgehead atoms. The summed E-state index contributed by atoms with van der Waals surface area (Å²) < 4.78 is 5.69. The summed E-state index contributed by atoms with van der Waals surface area (Å²) in [5, 5.41) is 44.2. The molecule has 3 atom stereocenters. The summed E-state index contributed by atoms with van der Waals surface area (Å²) in [6, 6.07) is 9.19. The van der Waals surface area contributed by atoms with E-state index in [1.165, 1.54) is 6.07 Å². The fourth-order valence-electron chi connectivity index (χ4n) is 6.98. The number of phenolic OH excluding ortho intramolecular Hbond substituents is 1. The van der Waals surface area contributed by atoms with Crippen molar-refractivity contribution < 1.29 is 39.5 Å². The van der Waals surface area contributed by atoms with Crippen LogP contribution in [-0.4, -0.2) is 50.5 Å². The van der Waals surface area contributed by atoms with Crippen LogP contribution in [0.4, 0.5) is 0 Å². The molecule has 0 spiro atoms. The van der Waals surface area contributed by atoms with E-state index in [1.807, 2.05) is 12.1 Å². The van der Waals surface area contributed by atoms with Crippen molar-refractivity contribution in [2.45, 2.75) is 64.9 Å². The zero-order valence-corrected chi connectivity index (χ0v) is 23.8. The first-order chi connectivity index (χ1) is 19.5. The van der Waals surface area contributed by atoms with Gasteiger partial charge in [-0.3, -0.25) is 14.4 Å². The number of fused-ring (bicyclic) bond motifs is 3. The average Bonchev–Trinajstić information content (AvgIpc) is 2.93. The maximum absolute atomic E-state index is 14.0. The van der Waals surface area contributed by atoms with Crippen LogP contribution >= 0.6 is 0 Å². The second-order valence-electron chi connectivity index (χ2n) is 11.5. The standard InChI is InChI=1S/C33H36O8/c1-5-17(6-2)11-18-7-10-26(41-4)22(12-18)21-8-9-24(35)29-23(21)14-19-13-20-15-25(36)27(16(3)34)31(38)33(20,40)32(39)28(19)30(29)37/h7-10,12,17,19-20,35-36,39-40H,5-6,11,13-15H2,1-4H3/t19-,20+,33-/m1/s1. The SMILES string of the molecule is CCC(CC)Cc1ccc(OC)c(-c2ccc(O)c3c2C[C@H]2C[C@H]4CC(O)=C(C(C)=O)C(=O)[C@@]4(O)C(O)=C2C3=O)c1. The number of ketones is 3. The van der Waals surface area contributed by atoms with Crippen LogP contribution in [0.3, 0.4) is 0 Å². The number of hydrogen-bond acceptors (Lipinski definition) is 8. The average molecular weight is 561 g/mol. The lowest BCUT2D eigenvalue weighted by molar-refractivity contribution is -0.144.